The van der Waals surface area contributed by atoms with Crippen molar-refractivity contribution in [3.05, 3.63) is 63.0 Å². The van der Waals surface area contributed by atoms with Crippen molar-refractivity contribution in [2.75, 3.05) is 12.1 Å². The number of nitrogens with one attached hydrogen (secondary N) is 1. The summed E-state index contributed by atoms with van der Waals surface area (Å²) in [6.07, 6.45) is 0. The maximum atomic E-state index is 12.6. The highest BCUT2D eigenvalue weighted by Gasteiger charge is 2.15. The lowest BCUT2D eigenvalue weighted by Crippen LogP contribution is -2.26. The van der Waals surface area contributed by atoms with Gasteiger partial charge in [0.05, 0.1) is 0 Å². The number of hydrogen-bond donors (Lipinski definition) is 1. The summed E-state index contributed by atoms with van der Waals surface area (Å²) in [6.45, 7) is 0.210. The van der Waals surface area contributed by atoms with E-state index < -0.39 is 0 Å². The van der Waals surface area contributed by atoms with Crippen LogP contribution < -0.4 is 20.3 Å². The summed E-state index contributed by atoms with van der Waals surface area (Å²) < 4.78 is 13.1. The third-order valence-corrected chi connectivity index (χ3v) is 5.50. The number of rotatable bonds is 5. The number of fused-ring (bicyclic) bond motifs is 1. The van der Waals surface area contributed by atoms with Crippen LogP contribution in [-0.2, 0) is 12.8 Å². The van der Waals surface area contributed by atoms with Crippen molar-refractivity contribution in [3.8, 4) is 11.5 Å². The molecule has 2 heterocycles. The summed E-state index contributed by atoms with van der Waals surface area (Å²) in [5.41, 5.74) is 0.958. The second-order valence-corrected chi connectivity index (χ2v) is 7.73. The second kappa shape index (κ2) is 7.61. The summed E-state index contributed by atoms with van der Waals surface area (Å²) in [7, 11) is 1.67. The zero-order valence-electron chi connectivity index (χ0n) is 14.3. The number of benzene rings is 2. The van der Waals surface area contributed by atoms with E-state index in [0.717, 1.165) is 15.1 Å². The number of ether oxygens (including phenoxy) is 2. The van der Waals surface area contributed by atoms with E-state index in [9.17, 15) is 4.79 Å². The first-order chi connectivity index (χ1) is 13.1. The van der Waals surface area contributed by atoms with Crippen LogP contribution in [0.15, 0.2) is 56.6 Å². The first-order valence-electron chi connectivity index (χ1n) is 8.08. The summed E-state index contributed by atoms with van der Waals surface area (Å²) >= 11 is 4.95. The number of thioether (sulfide) groups is 1. The van der Waals surface area contributed by atoms with E-state index in [0.29, 0.717) is 28.9 Å². The van der Waals surface area contributed by atoms with Gasteiger partial charge in [0.1, 0.15) is 5.69 Å². The lowest BCUT2D eigenvalue weighted by Gasteiger charge is -2.10. The lowest BCUT2D eigenvalue weighted by atomic mass is 10.3. The van der Waals surface area contributed by atoms with Crippen molar-refractivity contribution >= 4 is 39.3 Å². The number of hydrogen-bond acceptors (Lipinski definition) is 7. The number of anilines is 2. The van der Waals surface area contributed by atoms with E-state index in [1.54, 1.807) is 30.9 Å². The van der Waals surface area contributed by atoms with Crippen LogP contribution in [0.3, 0.4) is 0 Å². The molecule has 0 radical (unpaired) electrons. The van der Waals surface area contributed by atoms with E-state index in [-0.39, 0.29) is 12.4 Å². The standard InChI is InChI=1S/C18H15BrN4O3S/c1-23-17(24)14(9-27-13-5-2-11(19)3-6-13)21-22-18(23)20-12-4-7-15-16(8-12)26-10-25-15/h2-8H,9-10H2,1H3,(H,20,22). The maximum absolute atomic E-state index is 12.6. The van der Waals surface area contributed by atoms with Crippen LogP contribution in [0.1, 0.15) is 5.69 Å². The molecule has 0 saturated carbocycles. The average molecular weight is 447 g/mol. The van der Waals surface area contributed by atoms with Crippen LogP contribution in [0, 0.1) is 0 Å². The van der Waals surface area contributed by atoms with E-state index >= 15 is 0 Å². The van der Waals surface area contributed by atoms with E-state index in [4.69, 9.17) is 9.47 Å². The monoisotopic (exact) mass is 446 g/mol. The number of halogens is 1. The highest BCUT2D eigenvalue weighted by molar-refractivity contribution is 9.10. The second-order valence-electron chi connectivity index (χ2n) is 5.77. The molecule has 138 valence electrons. The molecule has 0 amide bonds. The molecule has 4 rings (SSSR count). The molecule has 1 aromatic heterocycles. The highest BCUT2D eigenvalue weighted by Crippen LogP contribution is 2.34. The molecule has 1 aliphatic rings. The summed E-state index contributed by atoms with van der Waals surface area (Å²) in [5, 5.41) is 11.4. The first kappa shape index (κ1) is 17.9. The number of aromatic nitrogens is 3. The molecule has 1 N–H and O–H groups in total. The molecule has 2 aromatic carbocycles. The van der Waals surface area contributed by atoms with Gasteiger partial charge in [-0.2, -0.15) is 0 Å². The molecule has 1 aliphatic heterocycles. The summed E-state index contributed by atoms with van der Waals surface area (Å²) in [4.78, 5) is 13.7. The smallest absolute Gasteiger partial charge is 0.277 e. The Kier molecular flexibility index (Phi) is 5.04. The minimum absolute atomic E-state index is 0.183. The van der Waals surface area contributed by atoms with Crippen LogP contribution in [0.25, 0.3) is 0 Å². The van der Waals surface area contributed by atoms with E-state index in [1.807, 2.05) is 30.3 Å². The predicted molar refractivity (Wildman–Crippen MR) is 107 cm³/mol. The van der Waals surface area contributed by atoms with Crippen molar-refractivity contribution < 1.29 is 9.47 Å². The Hall–Kier alpha value is -2.52. The molecule has 0 unspecified atom stereocenters. The van der Waals surface area contributed by atoms with Gasteiger partial charge in [-0.25, -0.2) is 0 Å². The third kappa shape index (κ3) is 3.93. The quantitative estimate of drug-likeness (QED) is 0.598. The van der Waals surface area contributed by atoms with Crippen molar-refractivity contribution in [3.63, 3.8) is 0 Å². The van der Waals surface area contributed by atoms with E-state index in [2.05, 4.69) is 31.4 Å². The van der Waals surface area contributed by atoms with Gasteiger partial charge in [0, 0.05) is 33.9 Å². The zero-order valence-corrected chi connectivity index (χ0v) is 16.7. The molecule has 0 fully saturated rings. The van der Waals surface area contributed by atoms with Crippen LogP contribution in [0.5, 0.6) is 11.5 Å². The molecular weight excluding hydrogens is 432 g/mol. The molecule has 0 atom stereocenters. The molecule has 0 spiro atoms. The fourth-order valence-corrected chi connectivity index (χ4v) is 3.57. The first-order valence-corrected chi connectivity index (χ1v) is 9.85. The van der Waals surface area contributed by atoms with Crippen LogP contribution in [0.4, 0.5) is 11.6 Å². The zero-order chi connectivity index (χ0) is 18.8. The predicted octanol–water partition coefficient (Wildman–Crippen LogP) is 3.70. The van der Waals surface area contributed by atoms with Gasteiger partial charge >= 0.3 is 0 Å². The van der Waals surface area contributed by atoms with E-state index in [1.165, 1.54) is 4.57 Å². The van der Waals surface area contributed by atoms with Crippen molar-refractivity contribution in [1.82, 2.24) is 14.8 Å². The third-order valence-electron chi connectivity index (χ3n) is 3.95. The fourth-order valence-electron chi connectivity index (χ4n) is 2.49. The molecule has 27 heavy (non-hydrogen) atoms. The Bertz CT molecular complexity index is 1040. The molecular formula is C18H15BrN4O3S. The Labute approximate surface area is 167 Å². The minimum Gasteiger partial charge on any atom is -0.454 e. The van der Waals surface area contributed by atoms with Crippen LogP contribution in [-0.4, -0.2) is 21.6 Å². The Balaban J connectivity index is 1.50. The fraction of sp³-hybridized carbons (Fsp3) is 0.167. The molecule has 0 saturated heterocycles. The highest BCUT2D eigenvalue weighted by atomic mass is 79.9. The normalized spacial score (nSPS) is 12.2. The summed E-state index contributed by atoms with van der Waals surface area (Å²) in [5.74, 6) is 2.16. The van der Waals surface area contributed by atoms with Gasteiger partial charge in [-0.15, -0.1) is 22.0 Å². The largest absolute Gasteiger partial charge is 0.454 e. The topological polar surface area (TPSA) is 78.3 Å². The van der Waals surface area contributed by atoms with Gasteiger partial charge in [-0.05, 0) is 36.4 Å². The summed E-state index contributed by atoms with van der Waals surface area (Å²) in [6, 6.07) is 13.3. The van der Waals surface area contributed by atoms with Gasteiger partial charge in [0.25, 0.3) is 5.56 Å². The van der Waals surface area contributed by atoms with Crippen molar-refractivity contribution in [1.29, 1.82) is 0 Å². The van der Waals surface area contributed by atoms with Crippen molar-refractivity contribution in [2.45, 2.75) is 10.6 Å². The van der Waals surface area contributed by atoms with Crippen LogP contribution >= 0.6 is 27.7 Å². The Morgan fingerprint density at radius 1 is 1.15 bits per heavy atom. The Morgan fingerprint density at radius 2 is 1.93 bits per heavy atom. The lowest BCUT2D eigenvalue weighted by molar-refractivity contribution is 0.174. The Morgan fingerprint density at radius 3 is 2.74 bits per heavy atom. The SMILES string of the molecule is Cn1c(Nc2ccc3c(c2)OCO3)nnc(CSc2ccc(Br)cc2)c1=O. The maximum Gasteiger partial charge on any atom is 0.277 e. The average Bonchev–Trinajstić information content (AvgIpc) is 3.14. The molecule has 3 aromatic rings. The molecule has 9 heteroatoms. The van der Waals surface area contributed by atoms with Crippen molar-refractivity contribution in [2.24, 2.45) is 7.05 Å². The minimum atomic E-state index is -0.183. The van der Waals surface area contributed by atoms with Gasteiger partial charge < -0.3 is 14.8 Å². The van der Waals surface area contributed by atoms with Gasteiger partial charge in [0.15, 0.2) is 11.5 Å². The van der Waals surface area contributed by atoms with Crippen LogP contribution in [0.2, 0.25) is 0 Å². The molecule has 7 nitrogen and oxygen atoms in total. The number of nitrogens with zero attached hydrogens (tertiary/aromatic N) is 3. The van der Waals surface area contributed by atoms with Gasteiger partial charge in [0.2, 0.25) is 12.7 Å². The molecule has 0 bridgehead atoms. The van der Waals surface area contributed by atoms with Gasteiger partial charge in [-0.3, -0.25) is 9.36 Å². The molecule has 0 aliphatic carbocycles. The van der Waals surface area contributed by atoms with Gasteiger partial charge in [-0.1, -0.05) is 15.9 Å².